The van der Waals surface area contributed by atoms with Gasteiger partial charge >= 0.3 is 0 Å². The van der Waals surface area contributed by atoms with Gasteiger partial charge in [-0.25, -0.2) is 0 Å². The Balaban J connectivity index is 1.31. The quantitative estimate of drug-likeness (QED) is 0.919. The first-order valence-corrected chi connectivity index (χ1v) is 9.81. The topological polar surface area (TPSA) is 39.6 Å². The van der Waals surface area contributed by atoms with Crippen LogP contribution in [0.2, 0.25) is 0 Å². The third kappa shape index (κ3) is 3.92. The van der Waals surface area contributed by atoms with Gasteiger partial charge < -0.3 is 10.0 Å². The van der Waals surface area contributed by atoms with Crippen molar-refractivity contribution in [3.05, 3.63) is 59.9 Å². The van der Waals surface area contributed by atoms with Gasteiger partial charge in [-0.15, -0.1) is 0 Å². The summed E-state index contributed by atoms with van der Waals surface area (Å²) >= 11 is 0. The van der Waals surface area contributed by atoms with Crippen LogP contribution in [-0.2, 0) is 6.42 Å². The summed E-state index contributed by atoms with van der Waals surface area (Å²) in [7, 11) is 0. The van der Waals surface area contributed by atoms with Crippen molar-refractivity contribution in [3.63, 3.8) is 0 Å². The van der Waals surface area contributed by atoms with E-state index in [0.717, 1.165) is 32.6 Å². The Kier molecular flexibility index (Phi) is 5.23. The van der Waals surface area contributed by atoms with Gasteiger partial charge in [-0.2, -0.15) is 0 Å². The first-order chi connectivity index (χ1) is 12.7. The molecule has 26 heavy (non-hydrogen) atoms. The van der Waals surface area contributed by atoms with Crippen molar-refractivity contribution in [2.24, 2.45) is 5.92 Å². The number of piperidine rings is 1. The van der Waals surface area contributed by atoms with E-state index in [2.05, 4.69) is 58.1 Å². The maximum atomic E-state index is 10.5. The first-order valence-electron chi connectivity index (χ1n) is 9.81. The SMILES string of the molecule is Cc1ccc(N2CCC(N3C[C@@H](Cc4ccncc4)[C@H](O)C3)CC2)cc1. The Bertz CT molecular complexity index is 695. The number of aliphatic hydroxyl groups excluding tert-OH is 1. The molecule has 1 N–H and O–H groups in total. The van der Waals surface area contributed by atoms with Gasteiger partial charge in [0.2, 0.25) is 0 Å². The number of aromatic nitrogens is 1. The van der Waals surface area contributed by atoms with Gasteiger partial charge in [0, 0.05) is 56.2 Å². The normalized spacial score (nSPS) is 24.9. The minimum absolute atomic E-state index is 0.210. The summed E-state index contributed by atoms with van der Waals surface area (Å²) in [5, 5.41) is 10.5. The number of pyridine rings is 1. The van der Waals surface area contributed by atoms with Gasteiger partial charge in [0.1, 0.15) is 0 Å². The number of aryl methyl sites for hydroxylation is 1. The van der Waals surface area contributed by atoms with E-state index < -0.39 is 0 Å². The monoisotopic (exact) mass is 351 g/mol. The zero-order chi connectivity index (χ0) is 17.9. The highest BCUT2D eigenvalue weighted by Crippen LogP contribution is 2.28. The highest BCUT2D eigenvalue weighted by Gasteiger charge is 2.36. The van der Waals surface area contributed by atoms with Gasteiger partial charge in [-0.1, -0.05) is 17.7 Å². The molecule has 4 heteroatoms. The summed E-state index contributed by atoms with van der Waals surface area (Å²) in [5.74, 6) is 0.340. The summed E-state index contributed by atoms with van der Waals surface area (Å²) in [4.78, 5) is 9.11. The molecule has 1 aromatic heterocycles. The van der Waals surface area contributed by atoms with E-state index in [1.54, 1.807) is 0 Å². The smallest absolute Gasteiger partial charge is 0.0710 e. The van der Waals surface area contributed by atoms with Gasteiger partial charge in [0.25, 0.3) is 0 Å². The van der Waals surface area contributed by atoms with Crippen LogP contribution in [0.5, 0.6) is 0 Å². The number of hydrogen-bond acceptors (Lipinski definition) is 4. The molecule has 4 nitrogen and oxygen atoms in total. The molecule has 4 rings (SSSR count). The number of hydrogen-bond donors (Lipinski definition) is 1. The van der Waals surface area contributed by atoms with Crippen LogP contribution in [0.1, 0.15) is 24.0 Å². The summed E-state index contributed by atoms with van der Waals surface area (Å²) in [6.07, 6.45) is 6.79. The summed E-state index contributed by atoms with van der Waals surface area (Å²) < 4.78 is 0. The molecule has 0 unspecified atom stereocenters. The molecule has 2 aromatic rings. The van der Waals surface area contributed by atoms with E-state index in [1.165, 1.54) is 29.7 Å². The molecule has 1 aromatic carbocycles. The largest absolute Gasteiger partial charge is 0.391 e. The predicted octanol–water partition coefficient (Wildman–Crippen LogP) is 2.89. The fourth-order valence-corrected chi connectivity index (χ4v) is 4.45. The molecular weight excluding hydrogens is 322 g/mol. The van der Waals surface area contributed by atoms with Crippen LogP contribution in [-0.4, -0.2) is 53.3 Å². The van der Waals surface area contributed by atoms with Crippen LogP contribution in [0.4, 0.5) is 5.69 Å². The number of aliphatic hydroxyl groups is 1. The zero-order valence-corrected chi connectivity index (χ0v) is 15.6. The first kappa shape index (κ1) is 17.5. The van der Waals surface area contributed by atoms with Crippen molar-refractivity contribution in [1.29, 1.82) is 0 Å². The third-order valence-electron chi connectivity index (χ3n) is 6.06. The Morgan fingerprint density at radius 3 is 2.38 bits per heavy atom. The number of benzene rings is 1. The third-order valence-corrected chi connectivity index (χ3v) is 6.06. The second-order valence-corrected chi connectivity index (χ2v) is 7.89. The lowest BCUT2D eigenvalue weighted by atomic mass is 9.97. The van der Waals surface area contributed by atoms with Crippen molar-refractivity contribution in [1.82, 2.24) is 9.88 Å². The van der Waals surface area contributed by atoms with E-state index in [-0.39, 0.29) is 6.10 Å². The molecule has 0 amide bonds. The molecule has 0 bridgehead atoms. The van der Waals surface area contributed by atoms with E-state index in [1.807, 2.05) is 12.4 Å². The van der Waals surface area contributed by atoms with Gasteiger partial charge in [0.15, 0.2) is 0 Å². The molecule has 138 valence electrons. The lowest BCUT2D eigenvalue weighted by molar-refractivity contribution is 0.132. The van der Waals surface area contributed by atoms with E-state index in [0.29, 0.717) is 12.0 Å². The number of likely N-dealkylation sites (tertiary alicyclic amines) is 1. The predicted molar refractivity (Wildman–Crippen MR) is 105 cm³/mol. The van der Waals surface area contributed by atoms with Crippen molar-refractivity contribution < 1.29 is 5.11 Å². The molecule has 0 spiro atoms. The summed E-state index contributed by atoms with van der Waals surface area (Å²) in [6.45, 7) is 6.19. The Morgan fingerprint density at radius 2 is 1.69 bits per heavy atom. The molecule has 0 radical (unpaired) electrons. The fraction of sp³-hybridized carbons (Fsp3) is 0.500. The van der Waals surface area contributed by atoms with Crippen LogP contribution in [0.3, 0.4) is 0 Å². The van der Waals surface area contributed by atoms with Crippen molar-refractivity contribution in [2.45, 2.75) is 38.3 Å². The van der Waals surface area contributed by atoms with Gasteiger partial charge in [0.05, 0.1) is 6.10 Å². The second kappa shape index (κ2) is 7.77. The van der Waals surface area contributed by atoms with Crippen LogP contribution < -0.4 is 4.90 Å². The lowest BCUT2D eigenvalue weighted by Gasteiger charge is -2.38. The maximum absolute atomic E-state index is 10.5. The van der Waals surface area contributed by atoms with Crippen molar-refractivity contribution in [2.75, 3.05) is 31.1 Å². The Morgan fingerprint density at radius 1 is 1.00 bits per heavy atom. The molecule has 0 saturated carbocycles. The minimum Gasteiger partial charge on any atom is -0.391 e. The lowest BCUT2D eigenvalue weighted by Crippen LogP contribution is -2.44. The molecule has 2 aliphatic heterocycles. The van der Waals surface area contributed by atoms with Gasteiger partial charge in [-0.3, -0.25) is 9.88 Å². The minimum atomic E-state index is -0.210. The summed E-state index contributed by atoms with van der Waals surface area (Å²) in [6, 6.07) is 13.6. The average Bonchev–Trinajstić information content (AvgIpc) is 3.04. The molecule has 2 aliphatic rings. The van der Waals surface area contributed by atoms with E-state index >= 15 is 0 Å². The standard InChI is InChI=1S/C22H29N3O/c1-17-2-4-20(5-3-17)24-12-8-21(9-13-24)25-15-19(22(26)16-25)14-18-6-10-23-11-7-18/h2-7,10-11,19,21-22,26H,8-9,12-16H2,1H3/t19-,22-/m1/s1. The molecule has 2 fully saturated rings. The second-order valence-electron chi connectivity index (χ2n) is 7.89. The molecule has 0 aliphatic carbocycles. The number of rotatable bonds is 4. The molecule has 3 heterocycles. The van der Waals surface area contributed by atoms with Crippen molar-refractivity contribution >= 4 is 5.69 Å². The van der Waals surface area contributed by atoms with Crippen LogP contribution in [0.15, 0.2) is 48.8 Å². The average molecular weight is 351 g/mol. The molecule has 2 saturated heterocycles. The molecular formula is C22H29N3O. The maximum Gasteiger partial charge on any atom is 0.0710 e. The van der Waals surface area contributed by atoms with E-state index in [9.17, 15) is 5.11 Å². The zero-order valence-electron chi connectivity index (χ0n) is 15.6. The van der Waals surface area contributed by atoms with Gasteiger partial charge in [-0.05, 0) is 56.0 Å². The highest BCUT2D eigenvalue weighted by atomic mass is 16.3. The Hall–Kier alpha value is -1.91. The van der Waals surface area contributed by atoms with Crippen LogP contribution in [0, 0.1) is 12.8 Å². The van der Waals surface area contributed by atoms with Crippen molar-refractivity contribution in [3.8, 4) is 0 Å². The number of nitrogens with zero attached hydrogens (tertiary/aromatic N) is 3. The van der Waals surface area contributed by atoms with E-state index in [4.69, 9.17) is 0 Å². The van der Waals surface area contributed by atoms with Crippen LogP contribution >= 0.6 is 0 Å². The summed E-state index contributed by atoms with van der Waals surface area (Å²) in [5.41, 5.74) is 3.93. The molecule has 2 atom stereocenters. The Labute approximate surface area is 156 Å². The fourth-order valence-electron chi connectivity index (χ4n) is 4.45. The number of β-amino-alcohol motifs (C(OH)–C–C–N with tert-alkyl or cyclic N) is 1. The number of anilines is 1. The highest BCUT2D eigenvalue weighted by molar-refractivity contribution is 5.47. The van der Waals surface area contributed by atoms with Crippen LogP contribution in [0.25, 0.3) is 0 Å².